The van der Waals surface area contributed by atoms with Crippen molar-refractivity contribution >= 4 is 11.9 Å². The van der Waals surface area contributed by atoms with Crippen LogP contribution >= 0.6 is 0 Å². The summed E-state index contributed by atoms with van der Waals surface area (Å²) in [5.74, 6) is -0.234. The predicted octanol–water partition coefficient (Wildman–Crippen LogP) is 1.34. The number of hydrogen-bond donors (Lipinski definition) is 2. The van der Waals surface area contributed by atoms with E-state index in [-0.39, 0.29) is 11.8 Å². The van der Waals surface area contributed by atoms with Gasteiger partial charge < -0.3 is 16.0 Å². The fourth-order valence-corrected chi connectivity index (χ4v) is 3.08. The normalized spacial score (nSPS) is 17.3. The van der Waals surface area contributed by atoms with Gasteiger partial charge in [0, 0.05) is 31.4 Å². The lowest BCUT2D eigenvalue weighted by molar-refractivity contribution is -0.126. The van der Waals surface area contributed by atoms with Gasteiger partial charge in [0.05, 0.1) is 18.7 Å². The quantitative estimate of drug-likeness (QED) is 0.859. The minimum atomic E-state index is -0.459. The highest BCUT2D eigenvalue weighted by molar-refractivity contribution is 5.80. The number of carbonyl (C=O) groups is 2. The lowest BCUT2D eigenvalue weighted by Gasteiger charge is -2.30. The van der Waals surface area contributed by atoms with Crippen molar-refractivity contribution in [2.45, 2.75) is 25.9 Å². The van der Waals surface area contributed by atoms with Crippen LogP contribution in [0.15, 0.2) is 42.7 Å². The topological polar surface area (TPSA) is 93.2 Å². The second-order valence-corrected chi connectivity index (χ2v) is 6.37. The van der Waals surface area contributed by atoms with Crippen molar-refractivity contribution in [2.24, 2.45) is 11.7 Å². The first kappa shape index (κ1) is 17.0. The molecule has 132 valence electrons. The Bertz CT molecular complexity index is 728. The molecule has 1 aliphatic rings. The SMILES string of the molecule is NC(=O)N1CCCC(C(=O)NCc2cnn(Cc3ccccc3)c2)C1. The summed E-state index contributed by atoms with van der Waals surface area (Å²) in [5.41, 5.74) is 7.43. The van der Waals surface area contributed by atoms with E-state index in [1.54, 1.807) is 6.20 Å². The molecule has 0 radical (unpaired) electrons. The van der Waals surface area contributed by atoms with Crippen LogP contribution in [0.5, 0.6) is 0 Å². The summed E-state index contributed by atoms with van der Waals surface area (Å²) in [6.07, 6.45) is 5.28. The number of aromatic nitrogens is 2. The number of primary amides is 1. The van der Waals surface area contributed by atoms with Crippen molar-refractivity contribution in [1.82, 2.24) is 20.0 Å². The van der Waals surface area contributed by atoms with Crippen LogP contribution in [-0.4, -0.2) is 39.7 Å². The van der Waals surface area contributed by atoms with E-state index in [1.165, 1.54) is 10.5 Å². The van der Waals surface area contributed by atoms with Crippen LogP contribution < -0.4 is 11.1 Å². The smallest absolute Gasteiger partial charge is 0.314 e. The van der Waals surface area contributed by atoms with E-state index in [1.807, 2.05) is 29.1 Å². The standard InChI is InChI=1S/C18H23N5O2/c19-18(25)22-8-4-7-16(13-22)17(24)20-9-15-10-21-23(12-15)11-14-5-2-1-3-6-14/h1-3,5-6,10,12,16H,4,7-9,11,13H2,(H2,19,25)(H,20,24). The Kier molecular flexibility index (Phi) is 5.33. The average Bonchev–Trinajstić information content (AvgIpc) is 3.08. The van der Waals surface area contributed by atoms with Gasteiger partial charge in [-0.1, -0.05) is 30.3 Å². The van der Waals surface area contributed by atoms with E-state index in [2.05, 4.69) is 22.5 Å². The van der Waals surface area contributed by atoms with Crippen molar-refractivity contribution in [1.29, 1.82) is 0 Å². The summed E-state index contributed by atoms with van der Waals surface area (Å²) in [6, 6.07) is 9.63. The third kappa shape index (κ3) is 4.59. The molecular formula is C18H23N5O2. The first-order chi connectivity index (χ1) is 12.1. The van der Waals surface area contributed by atoms with Gasteiger partial charge in [-0.3, -0.25) is 9.48 Å². The van der Waals surface area contributed by atoms with Crippen LogP contribution in [0.1, 0.15) is 24.0 Å². The molecule has 0 aliphatic carbocycles. The Morgan fingerprint density at radius 2 is 2.04 bits per heavy atom. The molecule has 1 atom stereocenters. The molecule has 3 amide bonds. The maximum Gasteiger partial charge on any atom is 0.314 e. The number of hydrogen-bond acceptors (Lipinski definition) is 3. The first-order valence-electron chi connectivity index (χ1n) is 8.49. The van der Waals surface area contributed by atoms with Crippen LogP contribution in [0.2, 0.25) is 0 Å². The number of likely N-dealkylation sites (tertiary alicyclic amines) is 1. The van der Waals surface area contributed by atoms with Gasteiger partial charge in [0.1, 0.15) is 0 Å². The van der Waals surface area contributed by atoms with Crippen LogP contribution in [0.3, 0.4) is 0 Å². The molecule has 1 aromatic carbocycles. The van der Waals surface area contributed by atoms with E-state index in [4.69, 9.17) is 5.73 Å². The van der Waals surface area contributed by atoms with Crippen molar-refractivity contribution in [2.75, 3.05) is 13.1 Å². The minimum Gasteiger partial charge on any atom is -0.352 e. The second-order valence-electron chi connectivity index (χ2n) is 6.37. The van der Waals surface area contributed by atoms with E-state index in [9.17, 15) is 9.59 Å². The molecule has 25 heavy (non-hydrogen) atoms. The molecular weight excluding hydrogens is 318 g/mol. The monoisotopic (exact) mass is 341 g/mol. The number of benzene rings is 1. The number of carbonyl (C=O) groups excluding carboxylic acids is 2. The van der Waals surface area contributed by atoms with Crippen molar-refractivity contribution < 1.29 is 9.59 Å². The number of urea groups is 1. The predicted molar refractivity (Wildman–Crippen MR) is 93.5 cm³/mol. The van der Waals surface area contributed by atoms with E-state index in [0.717, 1.165) is 18.4 Å². The third-order valence-electron chi connectivity index (χ3n) is 4.44. The Morgan fingerprint density at radius 3 is 2.80 bits per heavy atom. The van der Waals surface area contributed by atoms with E-state index < -0.39 is 6.03 Å². The van der Waals surface area contributed by atoms with Crippen molar-refractivity contribution in [3.63, 3.8) is 0 Å². The molecule has 7 heteroatoms. The van der Waals surface area contributed by atoms with E-state index in [0.29, 0.717) is 26.2 Å². The minimum absolute atomic E-state index is 0.0400. The summed E-state index contributed by atoms with van der Waals surface area (Å²) in [5, 5.41) is 7.27. The molecule has 3 N–H and O–H groups in total. The molecule has 1 aromatic heterocycles. The third-order valence-corrected chi connectivity index (χ3v) is 4.44. The Labute approximate surface area is 146 Å². The summed E-state index contributed by atoms with van der Waals surface area (Å²) in [6.45, 7) is 2.16. The van der Waals surface area contributed by atoms with Gasteiger partial charge in [-0.15, -0.1) is 0 Å². The molecule has 1 fully saturated rings. The average molecular weight is 341 g/mol. The number of nitrogens with one attached hydrogen (secondary N) is 1. The number of rotatable bonds is 5. The zero-order chi connectivity index (χ0) is 17.6. The van der Waals surface area contributed by atoms with Crippen LogP contribution in [0.25, 0.3) is 0 Å². The first-order valence-corrected chi connectivity index (χ1v) is 8.49. The summed E-state index contributed by atoms with van der Waals surface area (Å²) in [4.78, 5) is 25.1. The van der Waals surface area contributed by atoms with Gasteiger partial charge in [-0.2, -0.15) is 5.10 Å². The number of amides is 3. The number of nitrogens with zero attached hydrogens (tertiary/aromatic N) is 3. The molecule has 1 saturated heterocycles. The second kappa shape index (κ2) is 7.83. The fraction of sp³-hybridized carbons (Fsp3) is 0.389. The maximum absolute atomic E-state index is 12.3. The lowest BCUT2D eigenvalue weighted by Crippen LogP contribution is -2.47. The van der Waals surface area contributed by atoms with Crippen molar-refractivity contribution in [3.05, 3.63) is 53.9 Å². The Hall–Kier alpha value is -2.83. The summed E-state index contributed by atoms with van der Waals surface area (Å²) in [7, 11) is 0. The molecule has 2 heterocycles. The molecule has 7 nitrogen and oxygen atoms in total. The Morgan fingerprint density at radius 1 is 1.24 bits per heavy atom. The van der Waals surface area contributed by atoms with Crippen LogP contribution in [-0.2, 0) is 17.9 Å². The molecule has 0 saturated carbocycles. The zero-order valence-corrected chi connectivity index (χ0v) is 14.1. The largest absolute Gasteiger partial charge is 0.352 e. The van der Waals surface area contributed by atoms with Gasteiger partial charge in [-0.25, -0.2) is 4.79 Å². The highest BCUT2D eigenvalue weighted by Gasteiger charge is 2.27. The number of piperidine rings is 1. The summed E-state index contributed by atoms with van der Waals surface area (Å²) >= 11 is 0. The van der Waals surface area contributed by atoms with Crippen molar-refractivity contribution in [3.8, 4) is 0 Å². The molecule has 1 unspecified atom stereocenters. The van der Waals surface area contributed by atoms with Gasteiger partial charge >= 0.3 is 6.03 Å². The Balaban J connectivity index is 1.50. The van der Waals surface area contributed by atoms with Gasteiger partial charge in [0.25, 0.3) is 0 Å². The maximum atomic E-state index is 12.3. The van der Waals surface area contributed by atoms with Gasteiger partial charge in [0.2, 0.25) is 5.91 Å². The van der Waals surface area contributed by atoms with Crippen LogP contribution in [0.4, 0.5) is 4.79 Å². The highest BCUT2D eigenvalue weighted by Crippen LogP contribution is 2.16. The van der Waals surface area contributed by atoms with E-state index >= 15 is 0 Å². The van der Waals surface area contributed by atoms with Crippen LogP contribution in [0, 0.1) is 5.92 Å². The highest BCUT2D eigenvalue weighted by atomic mass is 16.2. The molecule has 0 bridgehead atoms. The number of nitrogens with two attached hydrogens (primary N) is 1. The summed E-state index contributed by atoms with van der Waals surface area (Å²) < 4.78 is 1.85. The molecule has 0 spiro atoms. The fourth-order valence-electron chi connectivity index (χ4n) is 3.08. The molecule has 1 aliphatic heterocycles. The van der Waals surface area contributed by atoms with Gasteiger partial charge in [-0.05, 0) is 18.4 Å². The zero-order valence-electron chi connectivity index (χ0n) is 14.1. The molecule has 2 aromatic rings. The lowest BCUT2D eigenvalue weighted by atomic mass is 9.97. The molecule has 3 rings (SSSR count). The van der Waals surface area contributed by atoms with Gasteiger partial charge in [0.15, 0.2) is 0 Å².